The number of ether oxygens (including phenoxy) is 2. The fraction of sp³-hybridized carbons (Fsp3) is 0.471. The van der Waals surface area contributed by atoms with E-state index in [1.165, 1.54) is 0 Å². The molecule has 0 saturated heterocycles. The van der Waals surface area contributed by atoms with Gasteiger partial charge in [-0.05, 0) is 33.8 Å². The van der Waals surface area contributed by atoms with Crippen molar-refractivity contribution in [2.45, 2.75) is 51.5 Å². The van der Waals surface area contributed by atoms with Crippen molar-refractivity contribution in [2.24, 2.45) is 0 Å². The molecule has 2 rings (SSSR count). The highest BCUT2D eigenvalue weighted by molar-refractivity contribution is 6.34. The number of hydrogen-bond donors (Lipinski definition) is 4. The maximum atomic E-state index is 12.7. The highest BCUT2D eigenvalue weighted by Crippen LogP contribution is 2.45. The molecule has 0 radical (unpaired) electrons. The van der Waals surface area contributed by atoms with Crippen LogP contribution in [-0.2, 0) is 9.59 Å². The van der Waals surface area contributed by atoms with Crippen molar-refractivity contribution in [1.29, 1.82) is 0 Å². The molecule has 1 aliphatic rings. The molecule has 1 aromatic rings. The van der Waals surface area contributed by atoms with Crippen LogP contribution in [-0.4, -0.2) is 56.8 Å². The lowest BCUT2D eigenvalue weighted by Gasteiger charge is -2.26. The summed E-state index contributed by atoms with van der Waals surface area (Å²) in [6, 6.07) is 0.249. The second-order valence-electron chi connectivity index (χ2n) is 7.13. The van der Waals surface area contributed by atoms with E-state index in [-0.39, 0.29) is 5.56 Å². The molecule has 0 saturated carbocycles. The highest BCUT2D eigenvalue weighted by Gasteiger charge is 2.39. The zero-order chi connectivity index (χ0) is 20.7. The quantitative estimate of drug-likeness (QED) is 0.324. The lowest BCUT2D eigenvalue weighted by atomic mass is 10.00. The fourth-order valence-electron chi connectivity index (χ4n) is 2.49. The molecule has 27 heavy (non-hydrogen) atoms. The van der Waals surface area contributed by atoms with Crippen LogP contribution in [0.15, 0.2) is 6.07 Å². The molecule has 4 N–H and O–H groups in total. The number of Topliss-reactive ketones (excluding diaryl/α,β-unsaturated/α-hetero) is 1. The lowest BCUT2D eigenvalue weighted by molar-refractivity contribution is -0.164. The molecule has 148 valence electrons. The molecule has 1 heterocycles. The predicted molar refractivity (Wildman–Crippen MR) is 93.1 cm³/mol. The number of nitrogens with one attached hydrogen (secondary N) is 1. The molecule has 1 aliphatic heterocycles. The van der Waals surface area contributed by atoms with Gasteiger partial charge in [0.05, 0.1) is 11.6 Å². The number of aromatic hydroxyl groups is 1. The van der Waals surface area contributed by atoms with Crippen LogP contribution in [0.1, 0.15) is 38.1 Å². The van der Waals surface area contributed by atoms with E-state index in [9.17, 15) is 29.7 Å². The number of ketones is 1. The number of rotatable bonds is 3. The Morgan fingerprint density at radius 2 is 1.70 bits per heavy atom. The zero-order valence-corrected chi connectivity index (χ0v) is 15.8. The van der Waals surface area contributed by atoms with Crippen LogP contribution in [0.5, 0.6) is 17.2 Å². The number of phenolic OH excluding ortho intramolecular Hbond substituents is 1. The highest BCUT2D eigenvalue weighted by atomic mass is 35.5. The van der Waals surface area contributed by atoms with Crippen molar-refractivity contribution < 1.29 is 39.2 Å². The minimum Gasteiger partial charge on any atom is -0.505 e. The van der Waals surface area contributed by atoms with Crippen molar-refractivity contribution in [3.63, 3.8) is 0 Å². The zero-order valence-electron chi connectivity index (χ0n) is 15.1. The Morgan fingerprint density at radius 3 is 2.22 bits per heavy atom. The van der Waals surface area contributed by atoms with Gasteiger partial charge in [-0.3, -0.25) is 4.79 Å². The van der Waals surface area contributed by atoms with Crippen molar-refractivity contribution in [2.75, 3.05) is 0 Å². The van der Waals surface area contributed by atoms with Gasteiger partial charge in [-0.25, -0.2) is 9.59 Å². The molecule has 9 nitrogen and oxygen atoms in total. The normalized spacial score (nSPS) is 21.4. The molecule has 0 aromatic heterocycles. The van der Waals surface area contributed by atoms with E-state index in [0.717, 1.165) is 6.07 Å². The molecule has 3 atom stereocenters. The number of aliphatic hydroxyl groups excluding tert-OH is 2. The number of benzene rings is 1. The topological polar surface area (TPSA) is 142 Å². The molecule has 1 aromatic carbocycles. The van der Waals surface area contributed by atoms with Crippen molar-refractivity contribution in [3.05, 3.63) is 16.7 Å². The Labute approximate surface area is 159 Å². The summed E-state index contributed by atoms with van der Waals surface area (Å²) in [5.41, 5.74) is -0.678. The van der Waals surface area contributed by atoms with E-state index >= 15 is 0 Å². The third kappa shape index (κ3) is 4.38. The van der Waals surface area contributed by atoms with E-state index in [2.05, 4.69) is 5.32 Å². The van der Waals surface area contributed by atoms with Crippen LogP contribution < -0.4 is 14.8 Å². The second-order valence-corrected chi connectivity index (χ2v) is 7.50. The number of aliphatic hydroxyl groups is 2. The van der Waals surface area contributed by atoms with Crippen molar-refractivity contribution in [1.82, 2.24) is 5.32 Å². The molecule has 0 unspecified atom stereocenters. The molecule has 0 bridgehead atoms. The summed E-state index contributed by atoms with van der Waals surface area (Å²) in [5.74, 6) is -4.95. The van der Waals surface area contributed by atoms with Crippen LogP contribution in [0.3, 0.4) is 0 Å². The van der Waals surface area contributed by atoms with Crippen LogP contribution in [0.4, 0.5) is 0 Å². The van der Waals surface area contributed by atoms with Gasteiger partial charge in [0.2, 0.25) is 0 Å². The van der Waals surface area contributed by atoms with E-state index in [1.807, 2.05) is 20.8 Å². The van der Waals surface area contributed by atoms with Crippen LogP contribution in [0.25, 0.3) is 0 Å². The van der Waals surface area contributed by atoms with Gasteiger partial charge in [0.25, 0.3) is 0 Å². The predicted octanol–water partition coefficient (Wildman–Crippen LogP) is 0.551. The summed E-state index contributed by atoms with van der Waals surface area (Å²) in [4.78, 5) is 36.3. The van der Waals surface area contributed by atoms with Gasteiger partial charge in [0.1, 0.15) is 10.8 Å². The van der Waals surface area contributed by atoms with E-state index in [0.29, 0.717) is 0 Å². The first-order chi connectivity index (χ1) is 12.3. The molecule has 10 heteroatoms. The summed E-state index contributed by atoms with van der Waals surface area (Å²) >= 11 is 5.99. The average Bonchev–Trinajstić information content (AvgIpc) is 2.56. The van der Waals surface area contributed by atoms with Gasteiger partial charge in [-0.1, -0.05) is 11.6 Å². The third-order valence-electron chi connectivity index (χ3n) is 3.67. The van der Waals surface area contributed by atoms with Gasteiger partial charge in [-0.2, -0.15) is 0 Å². The van der Waals surface area contributed by atoms with Crippen LogP contribution >= 0.6 is 11.6 Å². The number of esters is 2. The largest absolute Gasteiger partial charge is 0.505 e. The molecule has 0 fully saturated rings. The third-order valence-corrected chi connectivity index (χ3v) is 4.02. The number of carbonyl (C=O) groups is 3. The maximum Gasteiger partial charge on any atom is 0.343 e. The number of halogens is 1. The van der Waals surface area contributed by atoms with E-state index < -0.39 is 63.8 Å². The summed E-state index contributed by atoms with van der Waals surface area (Å²) in [6.07, 6.45) is -4.37. The van der Waals surface area contributed by atoms with E-state index in [1.54, 1.807) is 6.92 Å². The molecule has 0 amide bonds. The van der Waals surface area contributed by atoms with Crippen molar-refractivity contribution in [3.8, 4) is 17.2 Å². The first-order valence-corrected chi connectivity index (χ1v) is 8.38. The minimum absolute atomic E-state index is 0.275. The molecule has 0 spiro atoms. The maximum absolute atomic E-state index is 12.7. The number of hydrogen-bond acceptors (Lipinski definition) is 9. The molecular weight excluding hydrogens is 382 g/mol. The smallest absolute Gasteiger partial charge is 0.343 e. The number of phenols is 1. The standard InChI is InChI=1S/C17H20ClNO8/c1-6(19-17(2,3)4)10(20)7-5-8-14(9(18)11(7)21)27-16(25)13(23)12(22)15(24)26-8/h5-6,12-13,19,21-23H,1-4H3/t6-,12-,13-/m0/s1. The first-order valence-electron chi connectivity index (χ1n) is 8.00. The second kappa shape index (κ2) is 7.43. The Bertz CT molecular complexity index is 801. The monoisotopic (exact) mass is 401 g/mol. The van der Waals surface area contributed by atoms with Crippen LogP contribution in [0.2, 0.25) is 5.02 Å². The van der Waals surface area contributed by atoms with Gasteiger partial charge < -0.3 is 30.1 Å². The van der Waals surface area contributed by atoms with Gasteiger partial charge in [0, 0.05) is 5.54 Å². The summed E-state index contributed by atoms with van der Waals surface area (Å²) < 4.78 is 9.69. The summed E-state index contributed by atoms with van der Waals surface area (Å²) in [5, 5.41) is 31.9. The Balaban J connectivity index is 2.52. The Hall–Kier alpha value is -2.20. The average molecular weight is 402 g/mol. The van der Waals surface area contributed by atoms with Gasteiger partial charge >= 0.3 is 11.9 Å². The van der Waals surface area contributed by atoms with Gasteiger partial charge in [0.15, 0.2) is 29.5 Å². The SMILES string of the molecule is C[C@H](NC(C)(C)C)C(=O)c1cc2c(c(Cl)c1O)OC(=O)[C@@H](O)[C@H](O)C(=O)O2. The Kier molecular flexibility index (Phi) is 5.81. The molecular formula is C17H20ClNO8. The lowest BCUT2D eigenvalue weighted by Crippen LogP contribution is -2.46. The first kappa shape index (κ1) is 21.1. The van der Waals surface area contributed by atoms with Crippen LogP contribution in [0, 0.1) is 0 Å². The number of fused-ring (bicyclic) bond motifs is 1. The van der Waals surface area contributed by atoms with E-state index in [4.69, 9.17) is 21.1 Å². The van der Waals surface area contributed by atoms with Gasteiger partial charge in [-0.15, -0.1) is 0 Å². The molecule has 0 aliphatic carbocycles. The fourth-order valence-corrected chi connectivity index (χ4v) is 2.73. The van der Waals surface area contributed by atoms with Crippen molar-refractivity contribution >= 4 is 29.3 Å². The summed E-state index contributed by atoms with van der Waals surface area (Å²) in [7, 11) is 0. The number of carbonyl (C=O) groups excluding carboxylic acids is 3. The Morgan fingerprint density at radius 1 is 1.19 bits per heavy atom. The minimum atomic E-state index is -2.19. The summed E-state index contributed by atoms with van der Waals surface area (Å²) in [6.45, 7) is 7.11.